The van der Waals surface area contributed by atoms with E-state index in [1.165, 1.54) is 38.5 Å². The van der Waals surface area contributed by atoms with Crippen LogP contribution < -0.4 is 0 Å². The Morgan fingerprint density at radius 1 is 1.03 bits per heavy atom. The Bertz CT molecular complexity index is 872. The highest BCUT2D eigenvalue weighted by Gasteiger charge is 2.59. The largest absolute Gasteiger partial charge is 0.393 e. The molecule has 0 aromatic heterocycles. The smallest absolute Gasteiger partial charge is 0.0868 e. The van der Waals surface area contributed by atoms with Crippen LogP contribution in [-0.4, -0.2) is 16.3 Å². The van der Waals surface area contributed by atoms with Crippen LogP contribution in [0.2, 0.25) is 0 Å². The Labute approximate surface area is 201 Å². The number of aliphatic hydroxyl groups excluding tert-OH is 1. The summed E-state index contributed by atoms with van der Waals surface area (Å²) in [7, 11) is 0. The van der Waals surface area contributed by atoms with Crippen LogP contribution in [0.25, 0.3) is 0 Å². The fourth-order valence-electron chi connectivity index (χ4n) is 9.27. The second kappa shape index (κ2) is 8.52. The number of allylic oxidation sites excluding steroid dienone is 1. The minimum absolute atomic E-state index is 0.112. The van der Waals surface area contributed by atoms with Gasteiger partial charge in [0, 0.05) is 0 Å². The van der Waals surface area contributed by atoms with E-state index >= 15 is 0 Å². The van der Waals surface area contributed by atoms with E-state index in [2.05, 4.69) is 39.0 Å². The molecule has 3 saturated carbocycles. The van der Waals surface area contributed by atoms with Crippen molar-refractivity contribution in [1.82, 2.24) is 0 Å². The van der Waals surface area contributed by atoms with Crippen LogP contribution >= 0.6 is 0 Å². The minimum Gasteiger partial charge on any atom is -0.393 e. The van der Waals surface area contributed by atoms with Crippen molar-refractivity contribution in [2.45, 2.75) is 104 Å². The maximum Gasteiger partial charge on any atom is 0.0868 e. The topological polar surface area (TPSA) is 40.5 Å². The predicted molar refractivity (Wildman–Crippen MR) is 136 cm³/mol. The van der Waals surface area contributed by atoms with Gasteiger partial charge in [0.1, 0.15) is 0 Å². The summed E-state index contributed by atoms with van der Waals surface area (Å²) in [6.45, 7) is 9.62. The van der Waals surface area contributed by atoms with Gasteiger partial charge in [-0.1, -0.05) is 62.8 Å². The lowest BCUT2D eigenvalue weighted by Crippen LogP contribution is -2.50. The molecule has 0 radical (unpaired) electrons. The summed E-state index contributed by atoms with van der Waals surface area (Å²) >= 11 is 0. The quantitative estimate of drug-likeness (QED) is 0.464. The molecule has 0 unspecified atom stereocenters. The summed E-state index contributed by atoms with van der Waals surface area (Å²) in [5.41, 5.74) is 2.67. The van der Waals surface area contributed by atoms with E-state index < -0.39 is 5.60 Å². The molecule has 33 heavy (non-hydrogen) atoms. The van der Waals surface area contributed by atoms with Gasteiger partial charge in [0.25, 0.3) is 0 Å². The first-order chi connectivity index (χ1) is 15.6. The average molecular weight is 451 g/mol. The third-order valence-corrected chi connectivity index (χ3v) is 11.3. The number of aliphatic hydroxyl groups is 2. The van der Waals surface area contributed by atoms with Gasteiger partial charge in [-0.3, -0.25) is 0 Å². The van der Waals surface area contributed by atoms with Crippen molar-refractivity contribution in [1.29, 1.82) is 0 Å². The highest BCUT2D eigenvalue weighted by atomic mass is 16.3. The molecule has 0 amide bonds. The zero-order valence-corrected chi connectivity index (χ0v) is 21.4. The zero-order valence-electron chi connectivity index (χ0n) is 21.4. The minimum atomic E-state index is -0.739. The first-order valence-electron chi connectivity index (χ1n) is 13.8. The summed E-state index contributed by atoms with van der Waals surface area (Å²) in [5, 5.41) is 21.4. The molecule has 3 fully saturated rings. The molecule has 2 heteroatoms. The lowest BCUT2D eigenvalue weighted by Gasteiger charge is -2.58. The van der Waals surface area contributed by atoms with Crippen LogP contribution in [0.15, 0.2) is 42.0 Å². The van der Waals surface area contributed by atoms with E-state index in [9.17, 15) is 10.2 Å². The Morgan fingerprint density at radius 2 is 1.79 bits per heavy atom. The SMILES string of the molecule is C[C@H](CC[C@@](C)(O)c1ccccc1)[C@H]1CC[C@H]2[C@@H]3CC=C4C[C@@H](O)CC[C@]4(C)[C@H]3CC[C@]12C. The first-order valence-corrected chi connectivity index (χ1v) is 13.8. The number of fused-ring (bicyclic) bond motifs is 5. The third-order valence-electron chi connectivity index (χ3n) is 11.3. The van der Waals surface area contributed by atoms with Gasteiger partial charge < -0.3 is 10.2 Å². The number of hydrogen-bond donors (Lipinski definition) is 2. The fourth-order valence-corrected chi connectivity index (χ4v) is 9.27. The van der Waals surface area contributed by atoms with Crippen molar-refractivity contribution < 1.29 is 10.2 Å². The molecule has 2 nitrogen and oxygen atoms in total. The third kappa shape index (κ3) is 3.94. The van der Waals surface area contributed by atoms with Crippen LogP contribution in [0.4, 0.5) is 0 Å². The van der Waals surface area contributed by atoms with Gasteiger partial charge in [0.05, 0.1) is 11.7 Å². The standard InChI is InChI=1S/C31H46O2/c1-21(14-19-31(4,33)22-8-6-5-7-9-22)26-12-13-27-25-11-10-23-20-24(32)15-17-29(23,2)28(25)16-18-30(26,27)3/h5-10,21,24-28,32-33H,11-20H2,1-4H3/t21-,24+,25+,26-,27+,28+,29+,30-,31-/m1/s1. The molecule has 9 atom stereocenters. The molecule has 1 aromatic carbocycles. The molecule has 0 heterocycles. The Kier molecular flexibility index (Phi) is 6.10. The van der Waals surface area contributed by atoms with E-state index in [1.54, 1.807) is 5.57 Å². The van der Waals surface area contributed by atoms with Crippen molar-refractivity contribution in [2.75, 3.05) is 0 Å². The summed E-state index contributed by atoms with van der Waals surface area (Å²) in [6.07, 6.45) is 14.2. The summed E-state index contributed by atoms with van der Waals surface area (Å²) in [6, 6.07) is 10.2. The second-order valence-corrected chi connectivity index (χ2v) is 13.0. The zero-order chi connectivity index (χ0) is 23.4. The lowest BCUT2D eigenvalue weighted by atomic mass is 9.47. The predicted octanol–water partition coefficient (Wildman–Crippen LogP) is 7.25. The number of hydrogen-bond acceptors (Lipinski definition) is 2. The van der Waals surface area contributed by atoms with Crippen LogP contribution in [0.1, 0.15) is 97.5 Å². The van der Waals surface area contributed by atoms with Gasteiger partial charge in [0.15, 0.2) is 0 Å². The van der Waals surface area contributed by atoms with Gasteiger partial charge in [-0.15, -0.1) is 0 Å². The Morgan fingerprint density at radius 3 is 2.55 bits per heavy atom. The van der Waals surface area contributed by atoms with E-state index in [4.69, 9.17) is 0 Å². The maximum atomic E-state index is 11.2. The summed E-state index contributed by atoms with van der Waals surface area (Å²) < 4.78 is 0. The molecule has 0 spiro atoms. The molecule has 182 valence electrons. The number of benzene rings is 1. The molecule has 4 aliphatic rings. The summed E-state index contributed by atoms with van der Waals surface area (Å²) in [4.78, 5) is 0. The van der Waals surface area contributed by atoms with Gasteiger partial charge in [-0.2, -0.15) is 0 Å². The number of rotatable bonds is 5. The molecule has 0 saturated heterocycles. The van der Waals surface area contributed by atoms with Crippen LogP contribution in [0.5, 0.6) is 0 Å². The Hall–Kier alpha value is -1.12. The molecular weight excluding hydrogens is 404 g/mol. The molecule has 0 bridgehead atoms. The molecule has 2 N–H and O–H groups in total. The summed E-state index contributed by atoms with van der Waals surface area (Å²) in [5.74, 6) is 3.93. The first kappa shape index (κ1) is 23.6. The second-order valence-electron chi connectivity index (χ2n) is 13.0. The Balaban J connectivity index is 1.29. The molecule has 5 rings (SSSR count). The van der Waals surface area contributed by atoms with Gasteiger partial charge in [0.2, 0.25) is 0 Å². The van der Waals surface area contributed by atoms with E-state index in [1.807, 2.05) is 25.1 Å². The maximum absolute atomic E-state index is 11.2. The molecule has 4 aliphatic carbocycles. The van der Waals surface area contributed by atoms with Gasteiger partial charge in [-0.05, 0) is 117 Å². The van der Waals surface area contributed by atoms with Crippen molar-refractivity contribution in [3.05, 3.63) is 47.5 Å². The lowest BCUT2D eigenvalue weighted by molar-refractivity contribution is -0.0589. The van der Waals surface area contributed by atoms with Crippen molar-refractivity contribution in [3.8, 4) is 0 Å². The average Bonchev–Trinajstić information content (AvgIpc) is 3.16. The fraction of sp³-hybridized carbons (Fsp3) is 0.742. The van der Waals surface area contributed by atoms with Gasteiger partial charge in [-0.25, -0.2) is 0 Å². The van der Waals surface area contributed by atoms with Crippen molar-refractivity contribution in [3.63, 3.8) is 0 Å². The molecular formula is C31H46O2. The van der Waals surface area contributed by atoms with E-state index in [0.29, 0.717) is 16.7 Å². The van der Waals surface area contributed by atoms with Crippen molar-refractivity contribution >= 4 is 0 Å². The van der Waals surface area contributed by atoms with Crippen molar-refractivity contribution in [2.24, 2.45) is 40.4 Å². The van der Waals surface area contributed by atoms with Crippen LogP contribution in [0, 0.1) is 40.4 Å². The monoisotopic (exact) mass is 450 g/mol. The van der Waals surface area contributed by atoms with E-state index in [0.717, 1.165) is 54.9 Å². The van der Waals surface area contributed by atoms with E-state index in [-0.39, 0.29) is 6.10 Å². The van der Waals surface area contributed by atoms with Crippen LogP contribution in [0.3, 0.4) is 0 Å². The highest BCUT2D eigenvalue weighted by Crippen LogP contribution is 2.67. The van der Waals surface area contributed by atoms with Gasteiger partial charge >= 0.3 is 0 Å². The molecule has 0 aliphatic heterocycles. The highest BCUT2D eigenvalue weighted by molar-refractivity contribution is 5.25. The normalized spacial score (nSPS) is 43.0. The van der Waals surface area contributed by atoms with Crippen LogP contribution in [-0.2, 0) is 5.60 Å². The molecule has 1 aromatic rings.